The Labute approximate surface area is 167 Å². The Balaban J connectivity index is 1.83. The third-order valence-electron chi connectivity index (χ3n) is 5.03. The van der Waals surface area contributed by atoms with E-state index in [9.17, 15) is 9.59 Å². The van der Waals surface area contributed by atoms with Gasteiger partial charge in [-0.1, -0.05) is 49.7 Å². The minimum absolute atomic E-state index is 0.0178. The first-order chi connectivity index (χ1) is 13.3. The van der Waals surface area contributed by atoms with Crippen molar-refractivity contribution in [2.75, 3.05) is 23.3 Å². The molecule has 0 aromatic heterocycles. The molecular formula is C23H29N3O2. The van der Waals surface area contributed by atoms with E-state index in [2.05, 4.69) is 36.5 Å². The van der Waals surface area contributed by atoms with Gasteiger partial charge in [0.2, 0.25) is 5.91 Å². The quantitative estimate of drug-likeness (QED) is 0.816. The number of hydrogen-bond donors (Lipinski definition) is 1. The van der Waals surface area contributed by atoms with Crippen LogP contribution in [0.4, 0.5) is 16.2 Å². The van der Waals surface area contributed by atoms with E-state index in [1.54, 1.807) is 4.90 Å². The first kappa shape index (κ1) is 19.9. The van der Waals surface area contributed by atoms with Gasteiger partial charge in [-0.05, 0) is 43.5 Å². The molecular weight excluding hydrogens is 350 g/mol. The van der Waals surface area contributed by atoms with Crippen molar-refractivity contribution in [2.24, 2.45) is 5.92 Å². The van der Waals surface area contributed by atoms with Crippen molar-refractivity contribution in [1.82, 2.24) is 4.90 Å². The number of amides is 3. The van der Waals surface area contributed by atoms with Crippen molar-refractivity contribution in [2.45, 2.75) is 40.7 Å². The molecule has 1 N–H and O–H groups in total. The summed E-state index contributed by atoms with van der Waals surface area (Å²) in [6.07, 6.45) is 0.892. The van der Waals surface area contributed by atoms with Crippen LogP contribution in [-0.4, -0.2) is 29.9 Å². The Kier molecular flexibility index (Phi) is 6.02. The van der Waals surface area contributed by atoms with Gasteiger partial charge < -0.3 is 10.2 Å². The van der Waals surface area contributed by atoms with Gasteiger partial charge in [0.05, 0.1) is 11.4 Å². The predicted molar refractivity (Wildman–Crippen MR) is 114 cm³/mol. The first-order valence-electron chi connectivity index (χ1n) is 9.88. The fourth-order valence-electron chi connectivity index (χ4n) is 3.33. The summed E-state index contributed by atoms with van der Waals surface area (Å²) in [6.45, 7) is 9.74. The number of hydrogen-bond acceptors (Lipinski definition) is 2. The number of anilines is 2. The topological polar surface area (TPSA) is 52.6 Å². The molecule has 1 aliphatic heterocycles. The lowest BCUT2D eigenvalue weighted by molar-refractivity contribution is -0.118. The first-order valence-corrected chi connectivity index (χ1v) is 9.88. The van der Waals surface area contributed by atoms with Crippen molar-refractivity contribution < 1.29 is 9.59 Å². The fourth-order valence-corrected chi connectivity index (χ4v) is 3.33. The summed E-state index contributed by atoms with van der Waals surface area (Å²) in [6, 6.07) is 14.1. The number of rotatable bonds is 5. The molecule has 0 spiro atoms. The Morgan fingerprint density at radius 1 is 1.04 bits per heavy atom. The maximum atomic E-state index is 13.2. The summed E-state index contributed by atoms with van der Waals surface area (Å²) in [5.41, 5.74) is 4.84. The Morgan fingerprint density at radius 3 is 2.39 bits per heavy atom. The summed E-state index contributed by atoms with van der Waals surface area (Å²) in [5.74, 6) is -0.170. The van der Waals surface area contributed by atoms with Gasteiger partial charge in [-0.25, -0.2) is 4.79 Å². The summed E-state index contributed by atoms with van der Waals surface area (Å²) in [4.78, 5) is 29.1. The van der Waals surface area contributed by atoms with Gasteiger partial charge in [-0.2, -0.15) is 0 Å². The number of carbonyl (C=O) groups excluding carboxylic acids is 2. The minimum Gasteiger partial charge on any atom is -0.324 e. The second-order valence-electron chi connectivity index (χ2n) is 7.86. The molecule has 1 aliphatic rings. The molecule has 3 amide bonds. The standard InChI is InChI=1S/C23H29N3O2/c1-16(2)22(27)24-20-14-18(4)8-11-21(20)26-13-5-12-25(23(26)28)15-19-9-6-17(3)7-10-19/h6-11,14,16H,5,12-13,15H2,1-4H3,(H,24,27). The molecule has 1 heterocycles. The molecule has 0 radical (unpaired) electrons. The molecule has 0 bridgehead atoms. The third-order valence-corrected chi connectivity index (χ3v) is 5.03. The van der Waals surface area contributed by atoms with Gasteiger partial charge in [0, 0.05) is 25.6 Å². The van der Waals surface area contributed by atoms with E-state index >= 15 is 0 Å². The normalized spacial score (nSPS) is 14.5. The molecule has 148 valence electrons. The summed E-state index contributed by atoms with van der Waals surface area (Å²) in [7, 11) is 0. The molecule has 28 heavy (non-hydrogen) atoms. The largest absolute Gasteiger partial charge is 0.324 e. The molecule has 0 aliphatic carbocycles. The van der Waals surface area contributed by atoms with Crippen LogP contribution >= 0.6 is 0 Å². The summed E-state index contributed by atoms with van der Waals surface area (Å²) < 4.78 is 0. The molecule has 0 atom stereocenters. The van der Waals surface area contributed by atoms with Crippen LogP contribution in [0.2, 0.25) is 0 Å². The number of carbonyl (C=O) groups is 2. The lowest BCUT2D eigenvalue weighted by Crippen LogP contribution is -2.49. The van der Waals surface area contributed by atoms with Crippen LogP contribution in [-0.2, 0) is 11.3 Å². The van der Waals surface area contributed by atoms with Crippen LogP contribution in [0.15, 0.2) is 42.5 Å². The number of nitrogens with zero attached hydrogens (tertiary/aromatic N) is 2. The van der Waals surface area contributed by atoms with Crippen LogP contribution in [0.3, 0.4) is 0 Å². The van der Waals surface area contributed by atoms with Gasteiger partial charge in [0.15, 0.2) is 0 Å². The van der Waals surface area contributed by atoms with Crippen LogP contribution in [0.1, 0.15) is 37.0 Å². The monoisotopic (exact) mass is 379 g/mol. The van der Waals surface area contributed by atoms with Crippen molar-refractivity contribution in [3.8, 4) is 0 Å². The molecule has 0 saturated carbocycles. The summed E-state index contributed by atoms with van der Waals surface area (Å²) >= 11 is 0. The Hall–Kier alpha value is -2.82. The highest BCUT2D eigenvalue weighted by molar-refractivity contribution is 6.01. The molecule has 1 saturated heterocycles. The molecule has 3 rings (SSSR count). The number of urea groups is 1. The molecule has 1 fully saturated rings. The Morgan fingerprint density at radius 2 is 1.71 bits per heavy atom. The van der Waals surface area contributed by atoms with Gasteiger partial charge in [-0.3, -0.25) is 9.69 Å². The second-order valence-corrected chi connectivity index (χ2v) is 7.86. The fraction of sp³-hybridized carbons (Fsp3) is 0.391. The maximum absolute atomic E-state index is 13.2. The molecule has 5 heteroatoms. The maximum Gasteiger partial charge on any atom is 0.324 e. The van der Waals surface area contributed by atoms with Crippen LogP contribution in [0.25, 0.3) is 0 Å². The second kappa shape index (κ2) is 8.46. The zero-order valence-electron chi connectivity index (χ0n) is 17.2. The zero-order valence-corrected chi connectivity index (χ0v) is 17.2. The van der Waals surface area contributed by atoms with Gasteiger partial charge in [0.25, 0.3) is 0 Å². The van der Waals surface area contributed by atoms with E-state index in [4.69, 9.17) is 0 Å². The van der Waals surface area contributed by atoms with E-state index in [0.29, 0.717) is 18.8 Å². The minimum atomic E-state index is -0.122. The highest BCUT2D eigenvalue weighted by Gasteiger charge is 2.28. The third kappa shape index (κ3) is 4.53. The lowest BCUT2D eigenvalue weighted by Gasteiger charge is -2.36. The van der Waals surface area contributed by atoms with E-state index < -0.39 is 0 Å². The van der Waals surface area contributed by atoms with Gasteiger partial charge in [0.1, 0.15) is 0 Å². The van der Waals surface area contributed by atoms with Crippen LogP contribution in [0, 0.1) is 19.8 Å². The zero-order chi connectivity index (χ0) is 20.3. The van der Waals surface area contributed by atoms with Crippen LogP contribution in [0.5, 0.6) is 0 Å². The molecule has 5 nitrogen and oxygen atoms in total. The molecule has 2 aromatic rings. The molecule has 0 unspecified atom stereocenters. The SMILES string of the molecule is Cc1ccc(CN2CCCN(c3ccc(C)cc3NC(=O)C(C)C)C2=O)cc1. The smallest absolute Gasteiger partial charge is 0.324 e. The van der Waals surface area contributed by atoms with E-state index in [-0.39, 0.29) is 17.9 Å². The average molecular weight is 380 g/mol. The van der Waals surface area contributed by atoms with Crippen molar-refractivity contribution in [1.29, 1.82) is 0 Å². The van der Waals surface area contributed by atoms with Gasteiger partial charge >= 0.3 is 6.03 Å². The van der Waals surface area contributed by atoms with Crippen molar-refractivity contribution in [3.05, 3.63) is 59.2 Å². The lowest BCUT2D eigenvalue weighted by atomic mass is 10.1. The number of aryl methyl sites for hydroxylation is 2. The highest BCUT2D eigenvalue weighted by atomic mass is 16.2. The van der Waals surface area contributed by atoms with E-state index in [0.717, 1.165) is 29.8 Å². The molecule has 2 aromatic carbocycles. The number of benzene rings is 2. The highest BCUT2D eigenvalue weighted by Crippen LogP contribution is 2.30. The van der Waals surface area contributed by atoms with Crippen molar-refractivity contribution >= 4 is 23.3 Å². The van der Waals surface area contributed by atoms with Gasteiger partial charge in [-0.15, -0.1) is 0 Å². The summed E-state index contributed by atoms with van der Waals surface area (Å²) in [5, 5.41) is 2.99. The van der Waals surface area contributed by atoms with Crippen molar-refractivity contribution in [3.63, 3.8) is 0 Å². The van der Waals surface area contributed by atoms with Crippen LogP contribution < -0.4 is 10.2 Å². The number of nitrogens with one attached hydrogen (secondary N) is 1. The van der Waals surface area contributed by atoms with E-state index in [1.165, 1.54) is 5.56 Å². The van der Waals surface area contributed by atoms with E-state index in [1.807, 2.05) is 43.9 Å². The Bertz CT molecular complexity index is 859. The average Bonchev–Trinajstić information content (AvgIpc) is 2.66. The predicted octanol–water partition coefficient (Wildman–Crippen LogP) is 4.73.